The van der Waals surface area contributed by atoms with Crippen molar-refractivity contribution in [1.29, 1.82) is 0 Å². The minimum atomic E-state index is -0.415. The summed E-state index contributed by atoms with van der Waals surface area (Å²) in [7, 11) is 2.97. The van der Waals surface area contributed by atoms with Gasteiger partial charge in [0.2, 0.25) is 5.91 Å². The summed E-state index contributed by atoms with van der Waals surface area (Å²) in [5.41, 5.74) is 2.83. The van der Waals surface area contributed by atoms with Crippen molar-refractivity contribution in [3.63, 3.8) is 0 Å². The van der Waals surface area contributed by atoms with Crippen LogP contribution in [0.5, 0.6) is 11.5 Å². The first kappa shape index (κ1) is 23.3. The minimum absolute atomic E-state index is 0.00190. The van der Waals surface area contributed by atoms with E-state index in [1.807, 2.05) is 24.3 Å². The van der Waals surface area contributed by atoms with Gasteiger partial charge in [0.25, 0.3) is 11.1 Å². The summed E-state index contributed by atoms with van der Waals surface area (Å²) >= 11 is 6.25. The lowest BCUT2D eigenvalue weighted by Crippen LogP contribution is -2.23. The van der Waals surface area contributed by atoms with Crippen molar-refractivity contribution >= 4 is 34.3 Å². The van der Waals surface area contributed by atoms with Crippen LogP contribution in [0.3, 0.4) is 0 Å². The summed E-state index contributed by atoms with van der Waals surface area (Å²) in [5, 5.41) is 7.04. The summed E-state index contributed by atoms with van der Waals surface area (Å²) < 4.78 is 17.1. The monoisotopic (exact) mass is 482 g/mol. The van der Waals surface area contributed by atoms with Crippen LogP contribution in [0.2, 0.25) is 5.02 Å². The Morgan fingerprint density at radius 2 is 1.94 bits per heavy atom. The number of carbonyl (C=O) groups excluding carboxylic acids is 1. The van der Waals surface area contributed by atoms with Crippen LogP contribution in [0, 0.1) is 0 Å². The molecule has 0 aliphatic heterocycles. The van der Waals surface area contributed by atoms with Crippen LogP contribution in [0.15, 0.2) is 52.0 Å². The molecule has 2 aromatic carbocycles. The van der Waals surface area contributed by atoms with E-state index in [1.165, 1.54) is 30.7 Å². The molecular weight excluding hydrogens is 460 g/mol. The molecule has 1 N–H and O–H groups in total. The fourth-order valence-electron chi connectivity index (χ4n) is 3.48. The van der Waals surface area contributed by atoms with E-state index in [2.05, 4.69) is 22.4 Å². The van der Waals surface area contributed by atoms with Gasteiger partial charge in [-0.3, -0.25) is 14.2 Å². The van der Waals surface area contributed by atoms with Crippen molar-refractivity contribution in [3.05, 3.63) is 63.7 Å². The normalized spacial score (nSPS) is 10.9. The highest BCUT2D eigenvalue weighted by molar-refractivity contribution is 6.34. The number of nitrogens with zero attached hydrogens (tertiary/aromatic N) is 3. The zero-order valence-electron chi connectivity index (χ0n) is 18.9. The molecule has 0 atom stereocenters. The number of benzene rings is 2. The van der Waals surface area contributed by atoms with Gasteiger partial charge < -0.3 is 19.3 Å². The number of aryl methyl sites for hydroxylation is 2. The average Bonchev–Trinajstić information content (AvgIpc) is 3.29. The van der Waals surface area contributed by atoms with E-state index < -0.39 is 5.56 Å². The number of methoxy groups -OCH3 is 2. The molecule has 176 valence electrons. The van der Waals surface area contributed by atoms with E-state index in [0.29, 0.717) is 28.4 Å². The number of amides is 1. The fourth-order valence-corrected chi connectivity index (χ4v) is 3.73. The number of rotatable bonds is 8. The Labute approximate surface area is 200 Å². The first-order chi connectivity index (χ1) is 16.4. The van der Waals surface area contributed by atoms with Crippen LogP contribution >= 0.6 is 11.6 Å². The van der Waals surface area contributed by atoms with E-state index in [9.17, 15) is 9.59 Å². The number of ether oxygens (including phenoxy) is 2. The second-order valence-corrected chi connectivity index (χ2v) is 7.89. The molecule has 0 bridgehead atoms. The second-order valence-electron chi connectivity index (χ2n) is 7.49. The molecule has 34 heavy (non-hydrogen) atoms. The van der Waals surface area contributed by atoms with E-state index in [-0.39, 0.29) is 29.5 Å². The maximum atomic E-state index is 12.9. The first-order valence-corrected chi connectivity index (χ1v) is 11.0. The third-order valence-corrected chi connectivity index (χ3v) is 5.71. The van der Waals surface area contributed by atoms with Crippen LogP contribution < -0.4 is 20.3 Å². The standard InChI is InChI=1S/C24H23ClN4O5/c1-4-14-5-7-15(8-6-14)20-22-23(34-28-20)24(31)29(13-26-22)10-9-19(30)27-21-17(25)11-16(32-2)12-18(21)33-3/h5-8,11-13H,4,9-10H2,1-3H3,(H,27,30). The average molecular weight is 483 g/mol. The Hall–Kier alpha value is -3.85. The number of anilines is 1. The number of carbonyl (C=O) groups is 1. The number of hydrogen-bond donors (Lipinski definition) is 1. The molecular formula is C24H23ClN4O5. The quantitative estimate of drug-likeness (QED) is 0.398. The fraction of sp³-hybridized carbons (Fsp3) is 0.250. The van der Waals surface area contributed by atoms with Crippen molar-refractivity contribution in [3.8, 4) is 22.8 Å². The number of fused-ring (bicyclic) bond motifs is 1. The molecule has 10 heteroatoms. The first-order valence-electron chi connectivity index (χ1n) is 10.6. The van der Waals surface area contributed by atoms with Gasteiger partial charge in [-0.05, 0) is 12.0 Å². The van der Waals surface area contributed by atoms with Gasteiger partial charge in [-0.2, -0.15) is 0 Å². The van der Waals surface area contributed by atoms with Crippen LogP contribution in [0.1, 0.15) is 18.9 Å². The highest BCUT2D eigenvalue weighted by Crippen LogP contribution is 2.36. The number of nitrogens with one attached hydrogen (secondary N) is 1. The van der Waals surface area contributed by atoms with Gasteiger partial charge in [0.1, 0.15) is 28.4 Å². The van der Waals surface area contributed by atoms with Gasteiger partial charge in [0.15, 0.2) is 0 Å². The third-order valence-electron chi connectivity index (χ3n) is 5.41. The van der Waals surface area contributed by atoms with Crippen LogP contribution in [0.25, 0.3) is 22.4 Å². The van der Waals surface area contributed by atoms with E-state index in [4.69, 9.17) is 25.6 Å². The van der Waals surface area contributed by atoms with E-state index in [1.54, 1.807) is 12.1 Å². The van der Waals surface area contributed by atoms with Gasteiger partial charge >= 0.3 is 0 Å². The predicted molar refractivity (Wildman–Crippen MR) is 129 cm³/mol. The van der Waals surface area contributed by atoms with Gasteiger partial charge in [0, 0.05) is 30.7 Å². The van der Waals surface area contributed by atoms with Crippen molar-refractivity contribution in [1.82, 2.24) is 14.7 Å². The lowest BCUT2D eigenvalue weighted by Gasteiger charge is -2.14. The molecule has 4 aromatic rings. The molecule has 2 heterocycles. The van der Waals surface area contributed by atoms with Crippen LogP contribution in [-0.4, -0.2) is 34.8 Å². The Balaban J connectivity index is 1.50. The Morgan fingerprint density at radius 1 is 1.18 bits per heavy atom. The molecule has 0 saturated heterocycles. The predicted octanol–water partition coefficient (Wildman–Crippen LogP) is 4.31. The lowest BCUT2D eigenvalue weighted by molar-refractivity contribution is -0.116. The zero-order chi connectivity index (χ0) is 24.2. The summed E-state index contributed by atoms with van der Waals surface area (Å²) in [5.74, 6) is 0.504. The van der Waals surface area contributed by atoms with Crippen LogP contribution in [-0.2, 0) is 17.8 Å². The van der Waals surface area contributed by atoms with Gasteiger partial charge in [-0.15, -0.1) is 0 Å². The maximum absolute atomic E-state index is 12.9. The largest absolute Gasteiger partial charge is 0.497 e. The highest BCUT2D eigenvalue weighted by atomic mass is 35.5. The van der Waals surface area contributed by atoms with Crippen molar-refractivity contribution < 1.29 is 18.8 Å². The summed E-state index contributed by atoms with van der Waals surface area (Å²) in [6.45, 7) is 2.16. The molecule has 0 aliphatic rings. The molecule has 0 unspecified atom stereocenters. The van der Waals surface area contributed by atoms with Gasteiger partial charge in [0.05, 0.1) is 25.6 Å². The molecule has 0 spiro atoms. The molecule has 1 amide bonds. The van der Waals surface area contributed by atoms with E-state index >= 15 is 0 Å². The highest BCUT2D eigenvalue weighted by Gasteiger charge is 2.18. The molecule has 2 aromatic heterocycles. The Kier molecular flexibility index (Phi) is 6.83. The topological polar surface area (TPSA) is 108 Å². The molecule has 4 rings (SSSR count). The van der Waals surface area contributed by atoms with Gasteiger partial charge in [-0.25, -0.2) is 4.98 Å². The molecule has 0 radical (unpaired) electrons. The number of aromatic nitrogens is 3. The summed E-state index contributed by atoms with van der Waals surface area (Å²) in [6.07, 6.45) is 2.31. The number of hydrogen-bond acceptors (Lipinski definition) is 7. The lowest BCUT2D eigenvalue weighted by atomic mass is 10.1. The Bertz CT molecular complexity index is 1400. The van der Waals surface area contributed by atoms with E-state index in [0.717, 1.165) is 12.0 Å². The van der Waals surface area contributed by atoms with Crippen molar-refractivity contribution in [2.75, 3.05) is 19.5 Å². The third kappa shape index (κ3) is 4.60. The smallest absolute Gasteiger partial charge is 0.299 e. The van der Waals surface area contributed by atoms with Gasteiger partial charge in [-0.1, -0.05) is 47.9 Å². The van der Waals surface area contributed by atoms with Crippen LogP contribution in [0.4, 0.5) is 5.69 Å². The summed E-state index contributed by atoms with van der Waals surface area (Å²) in [4.78, 5) is 29.8. The molecule has 0 fully saturated rings. The van der Waals surface area contributed by atoms with Crippen molar-refractivity contribution in [2.24, 2.45) is 0 Å². The second kappa shape index (κ2) is 9.96. The number of halogens is 1. The zero-order valence-corrected chi connectivity index (χ0v) is 19.7. The van der Waals surface area contributed by atoms with Crippen molar-refractivity contribution in [2.45, 2.75) is 26.3 Å². The SMILES string of the molecule is CCc1ccc(-c2noc3c(=O)n(CCC(=O)Nc4c(Cl)cc(OC)cc4OC)cnc23)cc1. The molecule has 0 aliphatic carbocycles. The summed E-state index contributed by atoms with van der Waals surface area (Å²) in [6, 6.07) is 11.0. The Morgan fingerprint density at radius 3 is 2.62 bits per heavy atom. The molecule has 9 nitrogen and oxygen atoms in total. The molecule has 0 saturated carbocycles. The maximum Gasteiger partial charge on any atom is 0.299 e. The minimum Gasteiger partial charge on any atom is -0.497 e.